The number of nitro groups is 1. The van der Waals surface area contributed by atoms with Gasteiger partial charge in [-0.15, -0.1) is 0 Å². The Morgan fingerprint density at radius 3 is 2.34 bits per heavy atom. The Bertz CT molecular complexity index is 1540. The maximum atomic E-state index is 12.5. The van der Waals surface area contributed by atoms with Gasteiger partial charge in [-0.05, 0) is 11.6 Å². The first-order valence-corrected chi connectivity index (χ1v) is 12.2. The Morgan fingerprint density at radius 2 is 1.71 bits per heavy atom. The number of allylic oxidation sites excluding steroid dienone is 1. The molecule has 0 radical (unpaired) electrons. The van der Waals surface area contributed by atoms with Crippen molar-refractivity contribution in [2.24, 2.45) is 5.73 Å². The monoisotopic (exact) mass is 613 g/mol. The Morgan fingerprint density at radius 1 is 1.05 bits per heavy atom. The summed E-state index contributed by atoms with van der Waals surface area (Å²) in [6.07, 6.45) is 0. The molecule has 1 aliphatic heterocycles. The van der Waals surface area contributed by atoms with Gasteiger partial charge in [0.1, 0.15) is 33.2 Å². The third-order valence-electron chi connectivity index (χ3n) is 5.34. The van der Waals surface area contributed by atoms with Crippen LogP contribution in [-0.4, -0.2) is 17.5 Å². The summed E-state index contributed by atoms with van der Waals surface area (Å²) < 4.78 is 16.3. The molecular formula is C24H12Cl5N3O6. The van der Waals surface area contributed by atoms with Gasteiger partial charge in [0.2, 0.25) is 5.88 Å². The van der Waals surface area contributed by atoms with Crippen molar-refractivity contribution >= 4 is 69.7 Å². The van der Waals surface area contributed by atoms with Crippen LogP contribution in [0.1, 0.15) is 17.0 Å². The first-order chi connectivity index (χ1) is 18.0. The number of hydrogen-bond acceptors (Lipinski definition) is 8. The Labute approximate surface area is 239 Å². The minimum Gasteiger partial charge on any atom is -0.479 e. The zero-order valence-corrected chi connectivity index (χ0v) is 22.4. The number of esters is 1. The lowest BCUT2D eigenvalue weighted by atomic mass is 9.83. The van der Waals surface area contributed by atoms with Crippen molar-refractivity contribution in [1.82, 2.24) is 0 Å². The Hall–Kier alpha value is -3.39. The molecule has 9 nitrogen and oxygen atoms in total. The van der Waals surface area contributed by atoms with E-state index in [0.29, 0.717) is 11.1 Å². The fourth-order valence-corrected chi connectivity index (χ4v) is 4.89. The summed E-state index contributed by atoms with van der Waals surface area (Å²) in [6.45, 7) is -0.622. The van der Waals surface area contributed by atoms with E-state index in [1.54, 1.807) is 12.1 Å². The van der Waals surface area contributed by atoms with E-state index in [1.807, 2.05) is 6.07 Å². The normalized spacial score (nSPS) is 14.3. The number of rotatable bonds is 6. The highest BCUT2D eigenvalue weighted by Gasteiger charge is 2.32. The van der Waals surface area contributed by atoms with Crippen LogP contribution < -0.4 is 19.9 Å². The molecule has 1 atom stereocenters. The lowest BCUT2D eigenvalue weighted by Crippen LogP contribution is -2.22. The van der Waals surface area contributed by atoms with E-state index < -0.39 is 23.4 Å². The second-order valence-corrected chi connectivity index (χ2v) is 9.53. The molecule has 0 spiro atoms. The van der Waals surface area contributed by atoms with Crippen molar-refractivity contribution in [3.63, 3.8) is 0 Å². The maximum Gasteiger partial charge on any atom is 0.349 e. The van der Waals surface area contributed by atoms with Crippen LogP contribution in [0.15, 0.2) is 53.9 Å². The lowest BCUT2D eigenvalue weighted by Gasteiger charge is -2.26. The molecule has 194 valence electrons. The summed E-state index contributed by atoms with van der Waals surface area (Å²) >= 11 is 30.1. The molecule has 1 aliphatic rings. The number of non-ortho nitro benzene ring substituents is 1. The van der Waals surface area contributed by atoms with Crippen LogP contribution >= 0.6 is 58.0 Å². The molecule has 0 saturated heterocycles. The Balaban J connectivity index is 1.58. The molecule has 3 aromatic carbocycles. The second-order valence-electron chi connectivity index (χ2n) is 7.64. The predicted octanol–water partition coefficient (Wildman–Crippen LogP) is 7.06. The molecule has 4 rings (SSSR count). The zero-order valence-electron chi connectivity index (χ0n) is 18.6. The van der Waals surface area contributed by atoms with Crippen LogP contribution in [0, 0.1) is 21.4 Å². The number of nitro benzene ring substituents is 1. The number of nitrogens with two attached hydrogens (primary N) is 1. The van der Waals surface area contributed by atoms with Gasteiger partial charge in [0.05, 0.1) is 25.9 Å². The number of carbonyl (C=O) groups excluding carboxylic acids is 1. The van der Waals surface area contributed by atoms with Gasteiger partial charge in [-0.25, -0.2) is 4.79 Å². The number of nitrogens with zero attached hydrogens (tertiary/aromatic N) is 2. The summed E-state index contributed by atoms with van der Waals surface area (Å²) in [5, 5.41) is 20.4. The molecule has 0 aromatic heterocycles. The first-order valence-electron chi connectivity index (χ1n) is 10.3. The van der Waals surface area contributed by atoms with Gasteiger partial charge in [-0.1, -0.05) is 76.2 Å². The third kappa shape index (κ3) is 5.27. The molecule has 0 amide bonds. The molecule has 38 heavy (non-hydrogen) atoms. The minimum absolute atomic E-state index is 0.0627. The summed E-state index contributed by atoms with van der Waals surface area (Å²) in [5.74, 6) is -1.68. The van der Waals surface area contributed by atoms with Crippen molar-refractivity contribution in [3.05, 3.63) is 100 Å². The maximum absolute atomic E-state index is 12.5. The number of hydrogen-bond donors (Lipinski definition) is 1. The molecule has 3 aromatic rings. The minimum atomic E-state index is -0.841. The second kappa shape index (κ2) is 11.2. The molecule has 1 heterocycles. The average Bonchev–Trinajstić information content (AvgIpc) is 2.90. The highest BCUT2D eigenvalue weighted by molar-refractivity contribution is 6.55. The van der Waals surface area contributed by atoms with Crippen LogP contribution in [0.2, 0.25) is 25.1 Å². The van der Waals surface area contributed by atoms with Crippen molar-refractivity contribution in [3.8, 4) is 23.3 Å². The van der Waals surface area contributed by atoms with E-state index >= 15 is 0 Å². The highest BCUT2D eigenvalue weighted by atomic mass is 35.5. The molecule has 1 unspecified atom stereocenters. The molecule has 0 fully saturated rings. The molecule has 0 saturated carbocycles. The van der Waals surface area contributed by atoms with E-state index in [0.717, 1.165) is 0 Å². The van der Waals surface area contributed by atoms with Gasteiger partial charge in [0.15, 0.2) is 12.4 Å². The van der Waals surface area contributed by atoms with Crippen molar-refractivity contribution in [2.45, 2.75) is 5.92 Å². The zero-order chi connectivity index (χ0) is 27.7. The molecule has 0 aliphatic carbocycles. The van der Waals surface area contributed by atoms with Crippen LogP contribution in [0.4, 0.5) is 5.69 Å². The van der Waals surface area contributed by atoms with Gasteiger partial charge in [-0.2, -0.15) is 5.26 Å². The predicted molar refractivity (Wildman–Crippen MR) is 141 cm³/mol. The van der Waals surface area contributed by atoms with Gasteiger partial charge >= 0.3 is 5.97 Å². The molecule has 14 heteroatoms. The fraction of sp³-hybridized carbons (Fsp3) is 0.0833. The summed E-state index contributed by atoms with van der Waals surface area (Å²) in [4.78, 5) is 23.2. The number of ether oxygens (including phenoxy) is 3. The van der Waals surface area contributed by atoms with Crippen LogP contribution in [0.3, 0.4) is 0 Å². The number of benzene rings is 3. The lowest BCUT2D eigenvalue weighted by molar-refractivity contribution is -0.384. The van der Waals surface area contributed by atoms with Crippen LogP contribution in [0.25, 0.3) is 0 Å². The van der Waals surface area contributed by atoms with E-state index in [2.05, 4.69) is 0 Å². The van der Waals surface area contributed by atoms with Crippen molar-refractivity contribution < 1.29 is 23.9 Å². The topological polar surface area (TPSA) is 138 Å². The van der Waals surface area contributed by atoms with E-state index in [1.165, 1.54) is 30.3 Å². The smallest absolute Gasteiger partial charge is 0.349 e. The standard InChI is InChI=1S/C24H12Cl5N3O6/c25-18-19(26)21(28)23(22(29)20(18)27)36-9-16(33)37-12-4-5-13-15(7-12)38-24(31)14(8-30)17(13)10-2-1-3-11(6-10)32(34)35/h1-7,17H,9,31H2. The largest absolute Gasteiger partial charge is 0.479 e. The van der Waals surface area contributed by atoms with Gasteiger partial charge in [0.25, 0.3) is 5.69 Å². The van der Waals surface area contributed by atoms with Crippen molar-refractivity contribution in [1.29, 1.82) is 5.26 Å². The van der Waals surface area contributed by atoms with Gasteiger partial charge < -0.3 is 19.9 Å². The number of carbonyl (C=O) groups is 1. The fourth-order valence-electron chi connectivity index (χ4n) is 3.66. The van der Waals surface area contributed by atoms with E-state index in [9.17, 15) is 20.2 Å². The SMILES string of the molecule is N#CC1=C(N)Oc2cc(OC(=O)COc3c(Cl)c(Cl)c(Cl)c(Cl)c3Cl)ccc2C1c1cccc([N+](=O)[O-])c1. The van der Waals surface area contributed by atoms with Crippen LogP contribution in [-0.2, 0) is 4.79 Å². The first kappa shape index (κ1) is 27.6. The summed E-state index contributed by atoms with van der Waals surface area (Å²) in [5.41, 5.74) is 6.83. The highest BCUT2D eigenvalue weighted by Crippen LogP contribution is 2.48. The Kier molecular flexibility index (Phi) is 8.11. The molecule has 2 N–H and O–H groups in total. The van der Waals surface area contributed by atoms with Gasteiger partial charge in [0, 0.05) is 23.8 Å². The summed E-state index contributed by atoms with van der Waals surface area (Å²) in [7, 11) is 0. The van der Waals surface area contributed by atoms with E-state index in [4.69, 9.17) is 77.9 Å². The quantitative estimate of drug-likeness (QED) is 0.0777. The number of fused-ring (bicyclic) bond motifs is 1. The number of halogens is 5. The van der Waals surface area contributed by atoms with Crippen LogP contribution in [0.5, 0.6) is 17.2 Å². The summed E-state index contributed by atoms with van der Waals surface area (Å²) in [6, 6.07) is 12.2. The average molecular weight is 616 g/mol. The third-order valence-corrected chi connectivity index (χ3v) is 7.58. The van der Waals surface area contributed by atoms with Crippen molar-refractivity contribution in [2.75, 3.05) is 6.61 Å². The molecule has 0 bridgehead atoms. The van der Waals surface area contributed by atoms with E-state index in [-0.39, 0.29) is 59.5 Å². The number of nitriles is 1. The molecular weight excluding hydrogens is 604 g/mol. The van der Waals surface area contributed by atoms with Gasteiger partial charge in [-0.3, -0.25) is 10.1 Å².